The molecule has 5 nitrogen and oxygen atoms in total. The van der Waals surface area contributed by atoms with E-state index in [1.54, 1.807) is 38.2 Å². The minimum atomic E-state index is -4.55. The van der Waals surface area contributed by atoms with Gasteiger partial charge in [0.1, 0.15) is 6.33 Å². The van der Waals surface area contributed by atoms with Crippen molar-refractivity contribution < 1.29 is 22.4 Å². The van der Waals surface area contributed by atoms with Crippen LogP contribution in [0.3, 0.4) is 0 Å². The van der Waals surface area contributed by atoms with Crippen LogP contribution in [0.15, 0.2) is 48.8 Å². The molecule has 0 saturated carbocycles. The lowest BCUT2D eigenvalue weighted by Crippen LogP contribution is -2.23. The summed E-state index contributed by atoms with van der Waals surface area (Å²) in [7, 11) is 1.64. The van der Waals surface area contributed by atoms with Gasteiger partial charge in [0, 0.05) is 24.2 Å². The Balaban J connectivity index is 1.65. The topological polar surface area (TPSA) is 51.0 Å². The Bertz CT molecular complexity index is 1110. The maximum Gasteiger partial charge on any atom is 0.416 e. The van der Waals surface area contributed by atoms with Gasteiger partial charge >= 0.3 is 6.18 Å². The molecule has 4 rings (SSSR count). The van der Waals surface area contributed by atoms with Crippen molar-refractivity contribution in [1.29, 1.82) is 0 Å². The standard InChI is InChI=1S/C21H18F4N4O/c1-12(18(22)19-27-26-11-28(19)2)13-5-3-6-14(9-13)29-10-16-15(20(29)30)7-4-8-17(16)21(23,24)25/h3-9,11-12,18H,10H2,1-2H3/t12-,18+/m1/s1. The zero-order chi connectivity index (χ0) is 21.6. The lowest BCUT2D eigenvalue weighted by Gasteiger charge is -2.21. The van der Waals surface area contributed by atoms with Crippen LogP contribution in [0.25, 0.3) is 0 Å². The Morgan fingerprint density at radius 2 is 1.87 bits per heavy atom. The number of benzene rings is 2. The van der Waals surface area contributed by atoms with Gasteiger partial charge in [-0.05, 0) is 35.4 Å². The van der Waals surface area contributed by atoms with Gasteiger partial charge in [0.2, 0.25) is 0 Å². The van der Waals surface area contributed by atoms with Crippen molar-refractivity contribution in [2.24, 2.45) is 7.05 Å². The Morgan fingerprint density at radius 3 is 2.53 bits per heavy atom. The maximum absolute atomic E-state index is 15.0. The molecule has 0 unspecified atom stereocenters. The fourth-order valence-corrected chi connectivity index (χ4v) is 3.72. The monoisotopic (exact) mass is 418 g/mol. The first kappa shape index (κ1) is 20.1. The molecule has 0 saturated heterocycles. The van der Waals surface area contributed by atoms with Crippen LogP contribution >= 0.6 is 0 Å². The van der Waals surface area contributed by atoms with E-state index in [1.807, 2.05) is 0 Å². The third-order valence-corrected chi connectivity index (χ3v) is 5.41. The van der Waals surface area contributed by atoms with E-state index in [-0.39, 0.29) is 23.5 Å². The number of anilines is 1. The number of hydrogen-bond donors (Lipinski definition) is 0. The summed E-state index contributed by atoms with van der Waals surface area (Å²) in [6.45, 7) is 1.49. The van der Waals surface area contributed by atoms with E-state index in [0.29, 0.717) is 11.3 Å². The molecule has 2 atom stereocenters. The first-order valence-corrected chi connectivity index (χ1v) is 9.27. The molecular weight excluding hydrogens is 400 g/mol. The fourth-order valence-electron chi connectivity index (χ4n) is 3.72. The molecule has 156 valence electrons. The van der Waals surface area contributed by atoms with Crippen LogP contribution in [-0.2, 0) is 19.8 Å². The second kappa shape index (κ2) is 7.23. The smallest absolute Gasteiger partial charge is 0.318 e. The number of rotatable bonds is 4. The minimum Gasteiger partial charge on any atom is -0.318 e. The quantitative estimate of drug-likeness (QED) is 0.572. The SMILES string of the molecule is C[C@H](c1cccc(N2Cc3c(cccc3C(F)(F)F)C2=O)c1)[C@H](F)c1nncn1C. The van der Waals surface area contributed by atoms with Gasteiger partial charge in [-0.15, -0.1) is 10.2 Å². The zero-order valence-corrected chi connectivity index (χ0v) is 16.2. The number of amides is 1. The lowest BCUT2D eigenvalue weighted by molar-refractivity contribution is -0.138. The number of aromatic nitrogens is 3. The van der Waals surface area contributed by atoms with Crippen molar-refractivity contribution >= 4 is 11.6 Å². The molecule has 0 N–H and O–H groups in total. The molecule has 1 aromatic heterocycles. The van der Waals surface area contributed by atoms with Crippen LogP contribution < -0.4 is 4.90 Å². The van der Waals surface area contributed by atoms with E-state index in [2.05, 4.69) is 10.2 Å². The normalized spacial score (nSPS) is 15.9. The number of carbonyl (C=O) groups excluding carboxylic acids is 1. The van der Waals surface area contributed by atoms with E-state index in [9.17, 15) is 22.4 Å². The number of fused-ring (bicyclic) bond motifs is 1. The van der Waals surface area contributed by atoms with Crippen molar-refractivity contribution in [2.75, 3.05) is 4.90 Å². The number of hydrogen-bond acceptors (Lipinski definition) is 3. The van der Waals surface area contributed by atoms with Gasteiger partial charge in [-0.2, -0.15) is 13.2 Å². The number of halogens is 4. The predicted octanol–water partition coefficient (Wildman–Crippen LogP) is 4.81. The Labute approximate surface area is 170 Å². The fraction of sp³-hybridized carbons (Fsp3) is 0.286. The van der Waals surface area contributed by atoms with Crippen LogP contribution in [-0.4, -0.2) is 20.7 Å². The average molecular weight is 418 g/mol. The first-order valence-electron chi connectivity index (χ1n) is 9.27. The molecule has 0 spiro atoms. The lowest BCUT2D eigenvalue weighted by atomic mass is 9.95. The van der Waals surface area contributed by atoms with Gasteiger partial charge < -0.3 is 9.47 Å². The van der Waals surface area contributed by atoms with Gasteiger partial charge in [0.25, 0.3) is 5.91 Å². The van der Waals surface area contributed by atoms with Crippen LogP contribution in [0.4, 0.5) is 23.2 Å². The summed E-state index contributed by atoms with van der Waals surface area (Å²) >= 11 is 0. The van der Waals surface area contributed by atoms with Crippen molar-refractivity contribution in [2.45, 2.75) is 31.7 Å². The molecule has 0 bridgehead atoms. The summed E-state index contributed by atoms with van der Waals surface area (Å²) in [5, 5.41) is 7.49. The zero-order valence-electron chi connectivity index (χ0n) is 16.2. The molecule has 0 radical (unpaired) electrons. The molecule has 1 amide bonds. The summed E-state index contributed by atoms with van der Waals surface area (Å²) in [4.78, 5) is 14.1. The molecule has 3 aromatic rings. The summed E-state index contributed by atoms with van der Waals surface area (Å²) in [6, 6.07) is 10.2. The highest BCUT2D eigenvalue weighted by atomic mass is 19.4. The van der Waals surface area contributed by atoms with E-state index in [0.717, 1.165) is 6.07 Å². The molecular formula is C21H18F4N4O. The number of nitrogens with zero attached hydrogens (tertiary/aromatic N) is 4. The van der Waals surface area contributed by atoms with Crippen molar-refractivity contribution in [1.82, 2.24) is 14.8 Å². The van der Waals surface area contributed by atoms with Crippen LogP contribution in [0, 0.1) is 0 Å². The number of alkyl halides is 4. The molecule has 30 heavy (non-hydrogen) atoms. The molecule has 2 heterocycles. The molecule has 0 aliphatic carbocycles. The third-order valence-electron chi connectivity index (χ3n) is 5.41. The highest BCUT2D eigenvalue weighted by molar-refractivity contribution is 6.10. The second-order valence-electron chi connectivity index (χ2n) is 7.31. The maximum atomic E-state index is 15.0. The van der Waals surface area contributed by atoms with Gasteiger partial charge in [-0.1, -0.05) is 25.1 Å². The molecule has 9 heteroatoms. The van der Waals surface area contributed by atoms with E-state index in [4.69, 9.17) is 0 Å². The third kappa shape index (κ3) is 3.34. The highest BCUT2D eigenvalue weighted by Crippen LogP contribution is 2.39. The largest absolute Gasteiger partial charge is 0.416 e. The van der Waals surface area contributed by atoms with Crippen molar-refractivity contribution in [3.05, 3.63) is 76.9 Å². The Morgan fingerprint density at radius 1 is 1.13 bits per heavy atom. The van der Waals surface area contributed by atoms with Crippen LogP contribution in [0.1, 0.15) is 51.9 Å². The average Bonchev–Trinajstić information content (AvgIpc) is 3.29. The molecule has 1 aliphatic heterocycles. The summed E-state index contributed by atoms with van der Waals surface area (Å²) in [5.41, 5.74) is 0.190. The summed E-state index contributed by atoms with van der Waals surface area (Å²) in [5.74, 6) is -0.933. The van der Waals surface area contributed by atoms with E-state index in [1.165, 1.54) is 27.9 Å². The summed E-state index contributed by atoms with van der Waals surface area (Å²) < 4.78 is 56.5. The van der Waals surface area contributed by atoms with E-state index >= 15 is 0 Å². The second-order valence-corrected chi connectivity index (χ2v) is 7.31. The first-order chi connectivity index (χ1) is 14.2. The summed E-state index contributed by atoms with van der Waals surface area (Å²) in [6.07, 6.45) is -4.57. The molecule has 2 aromatic carbocycles. The highest BCUT2D eigenvalue weighted by Gasteiger charge is 2.39. The number of carbonyl (C=O) groups is 1. The van der Waals surface area contributed by atoms with Gasteiger partial charge in [0.05, 0.1) is 12.1 Å². The van der Waals surface area contributed by atoms with E-state index < -0.39 is 29.7 Å². The number of aryl methyl sites for hydroxylation is 1. The van der Waals surface area contributed by atoms with Gasteiger partial charge in [0.15, 0.2) is 12.0 Å². The van der Waals surface area contributed by atoms with Crippen LogP contribution in [0.5, 0.6) is 0 Å². The van der Waals surface area contributed by atoms with Crippen LogP contribution in [0.2, 0.25) is 0 Å². The van der Waals surface area contributed by atoms with Crippen molar-refractivity contribution in [3.8, 4) is 0 Å². The Kier molecular flexibility index (Phi) is 4.83. The van der Waals surface area contributed by atoms with Gasteiger partial charge in [-0.25, -0.2) is 4.39 Å². The predicted molar refractivity (Wildman–Crippen MR) is 102 cm³/mol. The molecule has 0 fully saturated rings. The van der Waals surface area contributed by atoms with Gasteiger partial charge in [-0.3, -0.25) is 4.79 Å². The molecule has 1 aliphatic rings. The van der Waals surface area contributed by atoms with Crippen molar-refractivity contribution in [3.63, 3.8) is 0 Å². The minimum absolute atomic E-state index is 0.0331. The Hall–Kier alpha value is -3.23.